The number of hydrogen-bond acceptors (Lipinski definition) is 8. The molecular formula is C33H35N3O8. The van der Waals surface area contributed by atoms with Crippen LogP contribution in [0.5, 0.6) is 5.75 Å². The van der Waals surface area contributed by atoms with Crippen LogP contribution in [-0.2, 0) is 19.1 Å². The fraction of sp³-hybridized carbons (Fsp3) is 0.242. The molecule has 3 aromatic rings. The Balaban J connectivity index is 1.88. The monoisotopic (exact) mass is 601 g/mol. The van der Waals surface area contributed by atoms with E-state index in [1.54, 1.807) is 57.2 Å². The van der Waals surface area contributed by atoms with Crippen molar-refractivity contribution in [3.05, 3.63) is 102 Å². The number of carbonyl (C=O) groups is 5. The molecule has 0 aliphatic rings. The molecule has 0 bridgehead atoms. The van der Waals surface area contributed by atoms with Crippen LogP contribution in [0.25, 0.3) is 0 Å². The van der Waals surface area contributed by atoms with Gasteiger partial charge in [0.1, 0.15) is 18.0 Å². The summed E-state index contributed by atoms with van der Waals surface area (Å²) in [4.78, 5) is 65.8. The number of methoxy groups -OCH3 is 1. The molecule has 0 saturated carbocycles. The number of amides is 3. The number of carbonyl (C=O) groups excluding carboxylic acids is 5. The van der Waals surface area contributed by atoms with Crippen LogP contribution in [0.4, 0.5) is 16.2 Å². The largest absolute Gasteiger partial charge is 0.497 e. The van der Waals surface area contributed by atoms with Gasteiger partial charge in [-0.25, -0.2) is 14.4 Å². The molecule has 3 amide bonds. The first-order valence-electron chi connectivity index (χ1n) is 13.6. The summed E-state index contributed by atoms with van der Waals surface area (Å²) in [6, 6.07) is 17.7. The normalized spacial score (nSPS) is 12.1. The van der Waals surface area contributed by atoms with Crippen LogP contribution in [-0.4, -0.2) is 54.5 Å². The third kappa shape index (κ3) is 8.54. The average Bonchev–Trinajstić information content (AvgIpc) is 2.98. The van der Waals surface area contributed by atoms with Gasteiger partial charge in [0.15, 0.2) is 5.78 Å². The number of urea groups is 1. The number of nitrogens with one attached hydrogen (secondary N) is 3. The van der Waals surface area contributed by atoms with Gasteiger partial charge >= 0.3 is 18.0 Å². The third-order valence-electron chi connectivity index (χ3n) is 6.09. The maximum atomic E-state index is 13.7. The van der Waals surface area contributed by atoms with E-state index in [9.17, 15) is 24.0 Å². The van der Waals surface area contributed by atoms with Gasteiger partial charge in [-0.15, -0.1) is 0 Å². The minimum Gasteiger partial charge on any atom is -0.497 e. The van der Waals surface area contributed by atoms with E-state index in [1.807, 2.05) is 0 Å². The Morgan fingerprint density at radius 3 is 2.16 bits per heavy atom. The second-order valence-corrected chi connectivity index (χ2v) is 10.7. The number of para-hydroxylation sites is 1. The van der Waals surface area contributed by atoms with E-state index in [1.165, 1.54) is 56.5 Å². The summed E-state index contributed by atoms with van der Waals surface area (Å²) >= 11 is 0. The average molecular weight is 602 g/mol. The van der Waals surface area contributed by atoms with Crippen LogP contribution in [0.15, 0.2) is 85.5 Å². The molecule has 1 unspecified atom stereocenters. The van der Waals surface area contributed by atoms with E-state index in [0.29, 0.717) is 11.3 Å². The number of benzene rings is 3. The Morgan fingerprint density at radius 2 is 1.52 bits per heavy atom. The van der Waals surface area contributed by atoms with Crippen molar-refractivity contribution in [3.63, 3.8) is 0 Å². The number of hydrogen-bond donors (Lipinski definition) is 3. The summed E-state index contributed by atoms with van der Waals surface area (Å²) in [5.74, 6) is -2.45. The highest BCUT2D eigenvalue weighted by molar-refractivity contribution is 6.18. The first-order chi connectivity index (χ1) is 20.8. The highest BCUT2D eigenvalue weighted by atomic mass is 16.6. The van der Waals surface area contributed by atoms with Crippen LogP contribution < -0.4 is 20.7 Å². The number of ether oxygens (including phenoxy) is 3. The van der Waals surface area contributed by atoms with Gasteiger partial charge in [0.2, 0.25) is 5.54 Å². The van der Waals surface area contributed by atoms with Gasteiger partial charge in [0.05, 0.1) is 18.4 Å². The molecule has 0 heterocycles. The highest BCUT2D eigenvalue weighted by Gasteiger charge is 2.46. The molecule has 230 valence electrons. The van der Waals surface area contributed by atoms with Crippen molar-refractivity contribution < 1.29 is 38.2 Å². The zero-order chi connectivity index (χ0) is 32.5. The van der Waals surface area contributed by atoms with Crippen molar-refractivity contribution in [2.75, 3.05) is 24.4 Å². The maximum Gasteiger partial charge on any atom is 0.342 e. The second kappa shape index (κ2) is 14.1. The molecule has 1 atom stereocenters. The van der Waals surface area contributed by atoms with Crippen molar-refractivity contribution >= 4 is 41.0 Å². The molecule has 0 spiro atoms. The van der Waals surface area contributed by atoms with Gasteiger partial charge in [-0.1, -0.05) is 30.9 Å². The van der Waals surface area contributed by atoms with Gasteiger partial charge in [-0.3, -0.25) is 9.59 Å². The first kappa shape index (κ1) is 33.1. The van der Waals surface area contributed by atoms with Crippen molar-refractivity contribution in [1.29, 1.82) is 0 Å². The lowest BCUT2D eigenvalue weighted by Gasteiger charge is -2.31. The molecule has 3 rings (SSSR count). The summed E-state index contributed by atoms with van der Waals surface area (Å²) in [6.45, 7) is 9.53. The molecule has 0 aliphatic heterocycles. The lowest BCUT2D eigenvalue weighted by molar-refractivity contribution is -0.163. The van der Waals surface area contributed by atoms with Gasteiger partial charge in [-0.05, 0) is 82.3 Å². The van der Waals surface area contributed by atoms with Crippen LogP contribution >= 0.6 is 0 Å². The zero-order valence-electron chi connectivity index (χ0n) is 25.2. The van der Waals surface area contributed by atoms with Gasteiger partial charge < -0.3 is 30.2 Å². The zero-order valence-corrected chi connectivity index (χ0v) is 25.2. The van der Waals surface area contributed by atoms with E-state index in [4.69, 9.17) is 14.2 Å². The Morgan fingerprint density at radius 1 is 0.841 bits per heavy atom. The highest BCUT2D eigenvalue weighted by Crippen LogP contribution is 2.24. The minimum absolute atomic E-state index is 0.00908. The lowest BCUT2D eigenvalue weighted by atomic mass is 9.98. The topological polar surface area (TPSA) is 149 Å². The predicted molar refractivity (Wildman–Crippen MR) is 165 cm³/mol. The van der Waals surface area contributed by atoms with Crippen LogP contribution in [0.1, 0.15) is 54.0 Å². The van der Waals surface area contributed by atoms with Crippen molar-refractivity contribution in [1.82, 2.24) is 5.32 Å². The molecule has 0 fully saturated rings. The van der Waals surface area contributed by atoms with Crippen molar-refractivity contribution in [2.24, 2.45) is 0 Å². The minimum atomic E-state index is -2.26. The van der Waals surface area contributed by atoms with E-state index >= 15 is 0 Å². The Kier molecular flexibility index (Phi) is 10.6. The molecule has 0 radical (unpaired) electrons. The standard InChI is InChI=1S/C33H35N3O8/c1-7-19-43-28(38)22-11-10-12-23(20-22)34-31(41)36-33(5,30(40)44-32(2,3)4)29(39)35-26-14-9-8-13-25(26)27(37)21-15-17-24(42-6)18-16-21/h7-18,20H,1,19H2,2-6H3,(H,35,39)(H2,34,36,41). The van der Waals surface area contributed by atoms with Gasteiger partial charge in [-0.2, -0.15) is 0 Å². The predicted octanol–water partition coefficient (Wildman–Crippen LogP) is 5.13. The Hall–Kier alpha value is -5.45. The smallest absolute Gasteiger partial charge is 0.342 e. The van der Waals surface area contributed by atoms with E-state index < -0.39 is 35.0 Å². The first-order valence-corrected chi connectivity index (χ1v) is 13.6. The summed E-state index contributed by atoms with van der Waals surface area (Å²) in [5.41, 5.74) is -2.29. The molecule has 11 nitrogen and oxygen atoms in total. The van der Waals surface area contributed by atoms with Crippen molar-refractivity contribution in [3.8, 4) is 5.75 Å². The molecule has 11 heteroatoms. The van der Waals surface area contributed by atoms with E-state index in [2.05, 4.69) is 22.5 Å². The molecule has 0 aromatic heterocycles. The number of ketones is 1. The fourth-order valence-electron chi connectivity index (χ4n) is 3.85. The molecule has 44 heavy (non-hydrogen) atoms. The molecule has 3 N–H and O–H groups in total. The molecule has 0 aliphatic carbocycles. The van der Waals surface area contributed by atoms with Gasteiger partial charge in [0.25, 0.3) is 5.91 Å². The van der Waals surface area contributed by atoms with E-state index in [-0.39, 0.29) is 34.9 Å². The molecule has 0 saturated heterocycles. The molecule has 3 aromatic carbocycles. The fourth-order valence-corrected chi connectivity index (χ4v) is 3.85. The SMILES string of the molecule is C=CCOC(=O)c1cccc(NC(=O)NC(C)(C(=O)Nc2ccccc2C(=O)c2ccc(OC)cc2)C(=O)OC(C)(C)C)c1. The Bertz CT molecular complexity index is 1560. The quantitative estimate of drug-likeness (QED) is 0.119. The second-order valence-electron chi connectivity index (χ2n) is 10.7. The van der Waals surface area contributed by atoms with E-state index in [0.717, 1.165) is 0 Å². The van der Waals surface area contributed by atoms with Crippen LogP contribution in [0.2, 0.25) is 0 Å². The molecular weight excluding hydrogens is 566 g/mol. The lowest BCUT2D eigenvalue weighted by Crippen LogP contribution is -2.62. The number of anilines is 2. The third-order valence-corrected chi connectivity index (χ3v) is 6.09. The Labute approximate surface area is 255 Å². The summed E-state index contributed by atoms with van der Waals surface area (Å²) in [7, 11) is 1.51. The maximum absolute atomic E-state index is 13.7. The van der Waals surface area contributed by atoms with Crippen molar-refractivity contribution in [2.45, 2.75) is 38.8 Å². The van der Waals surface area contributed by atoms with Crippen LogP contribution in [0, 0.1) is 0 Å². The summed E-state index contributed by atoms with van der Waals surface area (Å²) in [6.07, 6.45) is 1.42. The summed E-state index contributed by atoms with van der Waals surface area (Å²) < 4.78 is 15.6. The number of esters is 2. The van der Waals surface area contributed by atoms with Crippen LogP contribution in [0.3, 0.4) is 0 Å². The number of rotatable bonds is 11. The van der Waals surface area contributed by atoms with Gasteiger partial charge in [0, 0.05) is 16.8 Å². The summed E-state index contributed by atoms with van der Waals surface area (Å²) in [5, 5.41) is 7.52.